The van der Waals surface area contributed by atoms with Gasteiger partial charge in [-0.3, -0.25) is 9.59 Å². The SMILES string of the molecule is CN(C)c1cccc(N2C(=O)C(c3ccc(Cl)cc3)=C(N3CCCC(CO)C3)C2=O)c1. The number of carbonyl (C=O) groups is 2. The second-order valence-corrected chi connectivity index (χ2v) is 8.66. The van der Waals surface area contributed by atoms with Crippen LogP contribution in [0.2, 0.25) is 5.02 Å². The van der Waals surface area contributed by atoms with Crippen LogP contribution in [-0.2, 0) is 9.59 Å². The fraction of sp³-hybridized carbons (Fsp3) is 0.333. The number of carbonyl (C=O) groups excluding carboxylic acids is 2. The van der Waals surface area contributed by atoms with Crippen molar-refractivity contribution in [3.8, 4) is 0 Å². The first-order valence-corrected chi connectivity index (χ1v) is 10.8. The van der Waals surface area contributed by atoms with Crippen molar-refractivity contribution in [2.45, 2.75) is 12.8 Å². The molecule has 2 aliphatic heterocycles. The summed E-state index contributed by atoms with van der Waals surface area (Å²) >= 11 is 6.06. The summed E-state index contributed by atoms with van der Waals surface area (Å²) in [6.07, 6.45) is 1.77. The summed E-state index contributed by atoms with van der Waals surface area (Å²) in [5.74, 6) is -0.587. The fourth-order valence-corrected chi connectivity index (χ4v) is 4.38. The van der Waals surface area contributed by atoms with E-state index in [1.165, 1.54) is 4.90 Å². The molecule has 7 heteroatoms. The Morgan fingerprint density at radius 1 is 1.10 bits per heavy atom. The number of amides is 2. The zero-order valence-electron chi connectivity index (χ0n) is 17.7. The second kappa shape index (κ2) is 8.73. The van der Waals surface area contributed by atoms with E-state index in [1.54, 1.807) is 30.3 Å². The minimum atomic E-state index is -0.343. The summed E-state index contributed by atoms with van der Waals surface area (Å²) in [7, 11) is 3.83. The number of piperidine rings is 1. The van der Waals surface area contributed by atoms with E-state index < -0.39 is 0 Å². The van der Waals surface area contributed by atoms with Crippen molar-refractivity contribution in [2.24, 2.45) is 5.92 Å². The van der Waals surface area contributed by atoms with E-state index in [9.17, 15) is 14.7 Å². The Balaban J connectivity index is 1.80. The van der Waals surface area contributed by atoms with Crippen LogP contribution < -0.4 is 9.80 Å². The molecule has 2 heterocycles. The van der Waals surface area contributed by atoms with Gasteiger partial charge in [0.15, 0.2) is 0 Å². The molecule has 2 amide bonds. The van der Waals surface area contributed by atoms with Gasteiger partial charge in [-0.2, -0.15) is 0 Å². The first-order chi connectivity index (χ1) is 14.9. The van der Waals surface area contributed by atoms with Gasteiger partial charge in [0.1, 0.15) is 5.70 Å². The number of halogens is 1. The Hall–Kier alpha value is -2.83. The molecule has 162 valence electrons. The van der Waals surface area contributed by atoms with E-state index in [1.807, 2.05) is 42.1 Å². The molecular formula is C24H26ClN3O3. The molecule has 4 rings (SSSR count). The molecule has 1 N–H and O–H groups in total. The van der Waals surface area contributed by atoms with Crippen LogP contribution in [0.1, 0.15) is 18.4 Å². The second-order valence-electron chi connectivity index (χ2n) is 8.23. The average molecular weight is 440 g/mol. The molecular weight excluding hydrogens is 414 g/mol. The maximum absolute atomic E-state index is 13.6. The topological polar surface area (TPSA) is 64.1 Å². The van der Waals surface area contributed by atoms with Crippen molar-refractivity contribution in [2.75, 3.05) is 43.6 Å². The van der Waals surface area contributed by atoms with E-state index in [0.717, 1.165) is 18.5 Å². The van der Waals surface area contributed by atoms with E-state index >= 15 is 0 Å². The summed E-state index contributed by atoms with van der Waals surface area (Å²) in [5, 5.41) is 10.2. The number of anilines is 2. The molecule has 2 aromatic rings. The van der Waals surface area contributed by atoms with Crippen molar-refractivity contribution in [1.82, 2.24) is 4.90 Å². The molecule has 0 aromatic heterocycles. The van der Waals surface area contributed by atoms with Gasteiger partial charge in [0.25, 0.3) is 11.8 Å². The van der Waals surface area contributed by atoms with Gasteiger partial charge in [-0.15, -0.1) is 0 Å². The van der Waals surface area contributed by atoms with Crippen molar-refractivity contribution in [1.29, 1.82) is 0 Å². The quantitative estimate of drug-likeness (QED) is 0.723. The van der Waals surface area contributed by atoms with Crippen LogP contribution in [0.3, 0.4) is 0 Å². The number of hydrogen-bond donors (Lipinski definition) is 1. The van der Waals surface area contributed by atoms with Crippen LogP contribution in [0.4, 0.5) is 11.4 Å². The molecule has 0 bridgehead atoms. The largest absolute Gasteiger partial charge is 0.396 e. The van der Waals surface area contributed by atoms with Crippen LogP contribution in [0.15, 0.2) is 54.2 Å². The molecule has 0 radical (unpaired) electrons. The molecule has 1 atom stereocenters. The Morgan fingerprint density at radius 3 is 2.52 bits per heavy atom. The van der Waals surface area contributed by atoms with Gasteiger partial charge in [0.2, 0.25) is 0 Å². The lowest BCUT2D eigenvalue weighted by molar-refractivity contribution is -0.120. The predicted molar refractivity (Wildman–Crippen MR) is 123 cm³/mol. The summed E-state index contributed by atoms with van der Waals surface area (Å²) in [4.78, 5) is 32.4. The van der Waals surface area contributed by atoms with Gasteiger partial charge in [0, 0.05) is 44.5 Å². The van der Waals surface area contributed by atoms with Gasteiger partial charge in [-0.1, -0.05) is 29.8 Å². The molecule has 2 aliphatic rings. The average Bonchev–Trinajstić information content (AvgIpc) is 3.04. The fourth-order valence-electron chi connectivity index (χ4n) is 4.25. The minimum Gasteiger partial charge on any atom is -0.396 e. The molecule has 0 aliphatic carbocycles. The van der Waals surface area contributed by atoms with Gasteiger partial charge >= 0.3 is 0 Å². The Kier molecular flexibility index (Phi) is 6.03. The van der Waals surface area contributed by atoms with Crippen molar-refractivity contribution >= 4 is 40.4 Å². The molecule has 6 nitrogen and oxygen atoms in total. The molecule has 2 aromatic carbocycles. The summed E-state index contributed by atoms with van der Waals surface area (Å²) < 4.78 is 0. The van der Waals surface area contributed by atoms with Gasteiger partial charge in [-0.25, -0.2) is 4.90 Å². The molecule has 31 heavy (non-hydrogen) atoms. The number of benzene rings is 2. The normalized spacial score (nSPS) is 19.4. The van der Waals surface area contributed by atoms with Crippen molar-refractivity contribution in [3.05, 3.63) is 64.8 Å². The third-order valence-corrected chi connectivity index (χ3v) is 6.14. The van der Waals surface area contributed by atoms with Gasteiger partial charge in [-0.05, 0) is 54.7 Å². The van der Waals surface area contributed by atoms with Crippen LogP contribution in [0, 0.1) is 5.92 Å². The maximum Gasteiger partial charge on any atom is 0.282 e. The van der Waals surface area contributed by atoms with Crippen molar-refractivity contribution in [3.63, 3.8) is 0 Å². The van der Waals surface area contributed by atoms with E-state index in [4.69, 9.17) is 11.6 Å². The number of likely N-dealkylation sites (tertiary alicyclic amines) is 1. The Morgan fingerprint density at radius 2 is 1.84 bits per heavy atom. The number of imide groups is 1. The summed E-state index contributed by atoms with van der Waals surface area (Å²) in [6, 6.07) is 14.4. The maximum atomic E-state index is 13.6. The van der Waals surface area contributed by atoms with Crippen LogP contribution in [0.25, 0.3) is 5.57 Å². The molecule has 0 saturated carbocycles. The van der Waals surface area contributed by atoms with E-state index in [2.05, 4.69) is 0 Å². The summed E-state index contributed by atoms with van der Waals surface area (Å²) in [6.45, 7) is 1.29. The van der Waals surface area contributed by atoms with E-state index in [0.29, 0.717) is 40.6 Å². The number of aliphatic hydroxyl groups is 1. The van der Waals surface area contributed by atoms with Crippen LogP contribution in [-0.4, -0.2) is 55.6 Å². The third-order valence-electron chi connectivity index (χ3n) is 5.89. The summed E-state index contributed by atoms with van der Waals surface area (Å²) in [5.41, 5.74) is 2.89. The lowest BCUT2D eigenvalue weighted by Gasteiger charge is -2.34. The predicted octanol–water partition coefficient (Wildman–Crippen LogP) is 3.39. The standard InChI is InChI=1S/C24H26ClN3O3/c1-26(2)19-6-3-7-20(13-19)28-23(30)21(17-8-10-18(25)11-9-17)22(24(28)31)27-12-4-5-16(14-27)15-29/h3,6-11,13,16,29H,4-5,12,14-15H2,1-2H3. The van der Waals surface area contributed by atoms with Crippen molar-refractivity contribution < 1.29 is 14.7 Å². The number of rotatable bonds is 5. The highest BCUT2D eigenvalue weighted by Crippen LogP contribution is 2.37. The van der Waals surface area contributed by atoms with E-state index in [-0.39, 0.29) is 24.3 Å². The van der Waals surface area contributed by atoms with Crippen LogP contribution in [0.5, 0.6) is 0 Å². The smallest absolute Gasteiger partial charge is 0.282 e. The Labute approximate surface area is 187 Å². The zero-order chi connectivity index (χ0) is 22.1. The monoisotopic (exact) mass is 439 g/mol. The third kappa shape index (κ3) is 4.05. The lowest BCUT2D eigenvalue weighted by atomic mass is 9.97. The highest BCUT2D eigenvalue weighted by molar-refractivity contribution is 6.45. The first kappa shape index (κ1) is 21.4. The molecule has 1 saturated heterocycles. The molecule has 1 unspecified atom stereocenters. The number of nitrogens with zero attached hydrogens (tertiary/aromatic N) is 3. The first-order valence-electron chi connectivity index (χ1n) is 10.4. The zero-order valence-corrected chi connectivity index (χ0v) is 18.5. The Bertz CT molecular complexity index is 1030. The highest BCUT2D eigenvalue weighted by Gasteiger charge is 2.43. The van der Waals surface area contributed by atoms with Gasteiger partial charge < -0.3 is 14.9 Å². The number of aliphatic hydroxyl groups excluding tert-OH is 1. The van der Waals surface area contributed by atoms with Crippen LogP contribution >= 0.6 is 11.6 Å². The highest BCUT2D eigenvalue weighted by atomic mass is 35.5. The minimum absolute atomic E-state index is 0.0663. The molecule has 0 spiro atoms. The van der Waals surface area contributed by atoms with Gasteiger partial charge in [0.05, 0.1) is 11.3 Å². The lowest BCUT2D eigenvalue weighted by Crippen LogP contribution is -2.40. The number of hydrogen-bond acceptors (Lipinski definition) is 5. The molecule has 1 fully saturated rings.